The van der Waals surface area contributed by atoms with Gasteiger partial charge in [-0.1, -0.05) is 23.2 Å². The van der Waals surface area contributed by atoms with E-state index in [1.54, 1.807) is 0 Å². The van der Waals surface area contributed by atoms with Crippen molar-refractivity contribution in [2.45, 2.75) is 0 Å². The fourth-order valence-electron chi connectivity index (χ4n) is 0.849. The van der Waals surface area contributed by atoms with Crippen LogP contribution in [0.4, 0.5) is 0 Å². The molecule has 0 aromatic heterocycles. The average molecular weight is 283 g/mol. The second kappa shape index (κ2) is 5.01. The van der Waals surface area contributed by atoms with Crippen molar-refractivity contribution >= 4 is 39.1 Å². The Bertz CT molecular complexity index is 516. The van der Waals surface area contributed by atoms with Crippen LogP contribution in [0.3, 0.4) is 0 Å². The maximum Gasteiger partial charge on any atom is 0.266 e. The first-order valence-electron chi connectivity index (χ1n) is 4.02. The Morgan fingerprint density at radius 3 is 2.38 bits per heavy atom. The molecule has 0 aliphatic heterocycles. The number of sulfonamides is 1. The molecule has 1 amide bonds. The van der Waals surface area contributed by atoms with Crippen molar-refractivity contribution in [3.8, 4) is 0 Å². The van der Waals surface area contributed by atoms with Gasteiger partial charge in [-0.3, -0.25) is 10.2 Å². The fraction of sp³-hybridized carbons (Fsp3) is 0.125. The molecule has 0 unspecified atom stereocenters. The zero-order chi connectivity index (χ0) is 12.3. The number of hydrazine groups is 1. The van der Waals surface area contributed by atoms with Gasteiger partial charge in [0.15, 0.2) is 0 Å². The minimum atomic E-state index is -3.49. The van der Waals surface area contributed by atoms with Gasteiger partial charge in [-0.05, 0) is 18.2 Å². The van der Waals surface area contributed by atoms with Gasteiger partial charge in [0.05, 0.1) is 16.3 Å². The van der Waals surface area contributed by atoms with Gasteiger partial charge in [-0.15, -0.1) is 4.83 Å². The van der Waals surface area contributed by atoms with E-state index in [1.807, 2.05) is 10.3 Å². The largest absolute Gasteiger partial charge is 0.274 e. The van der Waals surface area contributed by atoms with E-state index in [2.05, 4.69) is 0 Å². The molecule has 0 saturated carbocycles. The third-order valence-corrected chi connectivity index (χ3v) is 2.74. The first kappa shape index (κ1) is 13.2. The standard InChI is InChI=1S/C8H8Cl2N2O3S/c1-16(14,15)12-11-8(13)5-2-3-6(9)7(10)4-5/h2-4,12H,1H3,(H,11,13). The highest BCUT2D eigenvalue weighted by Crippen LogP contribution is 2.22. The van der Waals surface area contributed by atoms with Crippen LogP contribution in [0.25, 0.3) is 0 Å². The van der Waals surface area contributed by atoms with Crippen LogP contribution in [-0.2, 0) is 10.0 Å². The zero-order valence-electron chi connectivity index (χ0n) is 8.12. The SMILES string of the molecule is CS(=O)(=O)NNC(=O)c1ccc(Cl)c(Cl)c1. The summed E-state index contributed by atoms with van der Waals surface area (Å²) in [6.07, 6.45) is 0.919. The molecule has 0 heterocycles. The van der Waals surface area contributed by atoms with Gasteiger partial charge in [-0.25, -0.2) is 8.42 Å². The molecule has 1 rings (SSSR count). The number of halogens is 2. The number of benzene rings is 1. The van der Waals surface area contributed by atoms with Crippen LogP contribution in [0.1, 0.15) is 10.4 Å². The molecule has 1 aromatic carbocycles. The van der Waals surface area contributed by atoms with Crippen LogP contribution < -0.4 is 10.3 Å². The van der Waals surface area contributed by atoms with Gasteiger partial charge < -0.3 is 0 Å². The molecule has 0 bridgehead atoms. The first-order chi connectivity index (χ1) is 7.29. The third-order valence-electron chi connectivity index (χ3n) is 1.53. The second-order valence-electron chi connectivity index (χ2n) is 2.96. The van der Waals surface area contributed by atoms with Gasteiger partial charge in [0.2, 0.25) is 10.0 Å². The van der Waals surface area contributed by atoms with Crippen LogP contribution in [0.2, 0.25) is 10.0 Å². The molecule has 0 fully saturated rings. The highest BCUT2D eigenvalue weighted by Gasteiger charge is 2.09. The van der Waals surface area contributed by atoms with Gasteiger partial charge >= 0.3 is 0 Å². The molecule has 0 saturated heterocycles. The zero-order valence-corrected chi connectivity index (χ0v) is 10.4. The fourth-order valence-corrected chi connectivity index (χ4v) is 1.42. The first-order valence-corrected chi connectivity index (χ1v) is 6.66. The predicted octanol–water partition coefficient (Wildman–Crippen LogP) is 1.19. The summed E-state index contributed by atoms with van der Waals surface area (Å²) in [6, 6.07) is 4.20. The predicted molar refractivity (Wildman–Crippen MR) is 61.9 cm³/mol. The molecular formula is C8H8Cl2N2O3S. The van der Waals surface area contributed by atoms with Crippen molar-refractivity contribution < 1.29 is 13.2 Å². The highest BCUT2D eigenvalue weighted by atomic mass is 35.5. The number of amides is 1. The lowest BCUT2D eigenvalue weighted by Crippen LogP contribution is -2.40. The normalized spacial score (nSPS) is 11.2. The molecule has 8 heteroatoms. The summed E-state index contributed by atoms with van der Waals surface area (Å²) in [5, 5.41) is 0.531. The van der Waals surface area contributed by atoms with Crippen molar-refractivity contribution in [1.29, 1.82) is 0 Å². The Balaban J connectivity index is 2.78. The Morgan fingerprint density at radius 1 is 1.25 bits per heavy atom. The summed E-state index contributed by atoms with van der Waals surface area (Å²) in [4.78, 5) is 13.3. The van der Waals surface area contributed by atoms with Crippen LogP contribution in [-0.4, -0.2) is 20.6 Å². The topological polar surface area (TPSA) is 75.3 Å². The average Bonchev–Trinajstić information content (AvgIpc) is 2.17. The van der Waals surface area contributed by atoms with Gasteiger partial charge in [-0.2, -0.15) is 0 Å². The van der Waals surface area contributed by atoms with Gasteiger partial charge in [0.1, 0.15) is 0 Å². The molecule has 0 atom stereocenters. The number of carbonyl (C=O) groups excluding carboxylic acids is 1. The summed E-state index contributed by atoms with van der Waals surface area (Å²) < 4.78 is 21.4. The van der Waals surface area contributed by atoms with Crippen LogP contribution in [0.15, 0.2) is 18.2 Å². The van der Waals surface area contributed by atoms with Crippen LogP contribution >= 0.6 is 23.2 Å². The van der Waals surface area contributed by atoms with Crippen molar-refractivity contribution in [1.82, 2.24) is 10.3 Å². The molecule has 0 spiro atoms. The van der Waals surface area contributed by atoms with E-state index in [-0.39, 0.29) is 10.6 Å². The molecule has 2 N–H and O–H groups in total. The van der Waals surface area contributed by atoms with Crippen LogP contribution in [0, 0.1) is 0 Å². The molecule has 0 aliphatic carbocycles. The lowest BCUT2D eigenvalue weighted by molar-refractivity contribution is 0.0945. The maximum atomic E-state index is 11.4. The van der Waals surface area contributed by atoms with Gasteiger partial charge in [0.25, 0.3) is 5.91 Å². The maximum absolute atomic E-state index is 11.4. The Morgan fingerprint density at radius 2 is 1.88 bits per heavy atom. The smallest absolute Gasteiger partial charge is 0.266 e. The minimum Gasteiger partial charge on any atom is -0.274 e. The number of nitrogens with one attached hydrogen (secondary N) is 2. The van der Waals surface area contributed by atoms with E-state index in [1.165, 1.54) is 18.2 Å². The molecule has 88 valence electrons. The second-order valence-corrected chi connectivity index (χ2v) is 5.52. The van der Waals surface area contributed by atoms with Gasteiger partial charge in [0, 0.05) is 5.56 Å². The monoisotopic (exact) mass is 282 g/mol. The van der Waals surface area contributed by atoms with Crippen molar-refractivity contribution in [3.63, 3.8) is 0 Å². The van der Waals surface area contributed by atoms with E-state index in [0.29, 0.717) is 5.02 Å². The highest BCUT2D eigenvalue weighted by molar-refractivity contribution is 7.88. The molecule has 1 aromatic rings. The Labute approximate surface area is 103 Å². The third kappa shape index (κ3) is 3.97. The molecule has 0 radical (unpaired) electrons. The summed E-state index contributed by atoms with van der Waals surface area (Å²) in [6.45, 7) is 0. The summed E-state index contributed by atoms with van der Waals surface area (Å²) in [5.74, 6) is -0.621. The molecular weight excluding hydrogens is 275 g/mol. The molecule has 0 aliphatic rings. The van der Waals surface area contributed by atoms with Crippen molar-refractivity contribution in [3.05, 3.63) is 33.8 Å². The molecule has 16 heavy (non-hydrogen) atoms. The number of carbonyl (C=O) groups is 1. The van der Waals surface area contributed by atoms with Crippen molar-refractivity contribution in [2.75, 3.05) is 6.26 Å². The van der Waals surface area contributed by atoms with Crippen molar-refractivity contribution in [2.24, 2.45) is 0 Å². The Hall–Kier alpha value is -0.820. The summed E-state index contributed by atoms with van der Waals surface area (Å²) in [7, 11) is -3.49. The van der Waals surface area contributed by atoms with E-state index >= 15 is 0 Å². The molecule has 5 nitrogen and oxygen atoms in total. The number of rotatable bonds is 3. The van der Waals surface area contributed by atoms with E-state index in [4.69, 9.17) is 23.2 Å². The number of hydrogen-bond donors (Lipinski definition) is 2. The number of hydrogen-bond acceptors (Lipinski definition) is 3. The quantitative estimate of drug-likeness (QED) is 0.818. The lowest BCUT2D eigenvalue weighted by Gasteiger charge is -2.05. The summed E-state index contributed by atoms with van der Waals surface area (Å²) in [5.41, 5.74) is 2.21. The Kier molecular flexibility index (Phi) is 4.15. The summed E-state index contributed by atoms with van der Waals surface area (Å²) >= 11 is 11.4. The van der Waals surface area contributed by atoms with E-state index in [9.17, 15) is 13.2 Å². The van der Waals surface area contributed by atoms with Crippen LogP contribution in [0.5, 0.6) is 0 Å². The minimum absolute atomic E-state index is 0.200. The van der Waals surface area contributed by atoms with E-state index in [0.717, 1.165) is 6.26 Å². The lowest BCUT2D eigenvalue weighted by atomic mass is 10.2. The van der Waals surface area contributed by atoms with E-state index < -0.39 is 15.9 Å².